The van der Waals surface area contributed by atoms with Crippen LogP contribution in [0.5, 0.6) is 0 Å². The first-order valence-corrected chi connectivity index (χ1v) is 11.5. The van der Waals surface area contributed by atoms with Crippen molar-refractivity contribution in [2.24, 2.45) is 5.92 Å². The molecule has 6 heteroatoms. The van der Waals surface area contributed by atoms with E-state index in [-0.39, 0.29) is 23.8 Å². The molecule has 3 rings (SSSR count). The van der Waals surface area contributed by atoms with E-state index >= 15 is 0 Å². The van der Waals surface area contributed by atoms with Crippen LogP contribution in [0.1, 0.15) is 30.9 Å². The summed E-state index contributed by atoms with van der Waals surface area (Å²) in [6.45, 7) is 3.34. The zero-order chi connectivity index (χ0) is 20.2. The summed E-state index contributed by atoms with van der Waals surface area (Å²) in [5, 5.41) is 3.10. The lowest BCUT2D eigenvalue weighted by atomic mass is 9.76. The van der Waals surface area contributed by atoms with E-state index in [2.05, 4.69) is 36.5 Å². The largest absolute Gasteiger partial charge is 0.355 e. The summed E-state index contributed by atoms with van der Waals surface area (Å²) in [4.78, 5) is 12.8. The van der Waals surface area contributed by atoms with Crippen LogP contribution in [0.15, 0.2) is 60.7 Å². The van der Waals surface area contributed by atoms with E-state index in [9.17, 15) is 13.2 Å². The molecule has 1 aliphatic heterocycles. The number of carbonyl (C=O) groups excluding carboxylic acids is 1. The highest BCUT2D eigenvalue weighted by atomic mass is 32.2. The maximum atomic E-state index is 12.8. The second kappa shape index (κ2) is 8.45. The molecule has 0 unspecified atom stereocenters. The van der Waals surface area contributed by atoms with Gasteiger partial charge in [-0.25, -0.2) is 12.7 Å². The highest BCUT2D eigenvalue weighted by molar-refractivity contribution is 7.88. The highest BCUT2D eigenvalue weighted by Crippen LogP contribution is 2.31. The number of sulfonamides is 1. The molecule has 0 spiro atoms. The van der Waals surface area contributed by atoms with Crippen LogP contribution >= 0.6 is 0 Å². The maximum absolute atomic E-state index is 12.8. The van der Waals surface area contributed by atoms with E-state index in [1.807, 2.05) is 36.4 Å². The van der Waals surface area contributed by atoms with Crippen LogP contribution in [0.3, 0.4) is 0 Å². The summed E-state index contributed by atoms with van der Waals surface area (Å²) in [5.74, 6) is -0.384. The Morgan fingerprint density at radius 1 is 1.07 bits per heavy atom. The Balaban J connectivity index is 1.76. The Kier molecular flexibility index (Phi) is 6.20. The molecular weight excluding hydrogens is 372 g/mol. The Morgan fingerprint density at radius 3 is 2.11 bits per heavy atom. The molecule has 2 aromatic carbocycles. The summed E-state index contributed by atoms with van der Waals surface area (Å²) >= 11 is 0. The molecule has 1 atom stereocenters. The van der Waals surface area contributed by atoms with E-state index in [1.165, 1.54) is 10.6 Å². The van der Waals surface area contributed by atoms with Crippen molar-refractivity contribution < 1.29 is 13.2 Å². The van der Waals surface area contributed by atoms with Crippen molar-refractivity contribution in [3.05, 3.63) is 71.8 Å². The molecule has 1 saturated heterocycles. The highest BCUT2D eigenvalue weighted by Gasteiger charge is 2.33. The Morgan fingerprint density at radius 2 is 1.61 bits per heavy atom. The van der Waals surface area contributed by atoms with Gasteiger partial charge in [0.05, 0.1) is 12.2 Å². The predicted octanol–water partition coefficient (Wildman–Crippen LogP) is 2.78. The van der Waals surface area contributed by atoms with Crippen LogP contribution in [-0.2, 0) is 20.2 Å². The molecule has 2 aromatic rings. The third kappa shape index (κ3) is 4.62. The van der Waals surface area contributed by atoms with Crippen molar-refractivity contribution in [2.45, 2.75) is 25.2 Å². The van der Waals surface area contributed by atoms with Crippen LogP contribution in [0, 0.1) is 5.92 Å². The summed E-state index contributed by atoms with van der Waals surface area (Å²) in [6, 6.07) is 20.3. The lowest BCUT2D eigenvalue weighted by Gasteiger charge is -2.34. The van der Waals surface area contributed by atoms with Crippen molar-refractivity contribution in [2.75, 3.05) is 25.9 Å². The van der Waals surface area contributed by atoms with E-state index in [0.29, 0.717) is 25.9 Å². The number of carbonyl (C=O) groups is 1. The second-order valence-corrected chi connectivity index (χ2v) is 9.72. The first-order valence-electron chi connectivity index (χ1n) is 9.64. The monoisotopic (exact) mass is 400 g/mol. The summed E-state index contributed by atoms with van der Waals surface area (Å²) in [7, 11) is -3.27. The molecule has 150 valence electrons. The SMILES string of the molecule is CC(CNC(=O)[C@@H]1CCCN(S(C)(=O)=O)C1)(c1ccccc1)c1ccccc1. The first kappa shape index (κ1) is 20.6. The Bertz CT molecular complexity index is 858. The van der Waals surface area contributed by atoms with Gasteiger partial charge in [0.2, 0.25) is 15.9 Å². The molecule has 1 fully saturated rings. The molecule has 0 aliphatic carbocycles. The van der Waals surface area contributed by atoms with E-state index in [0.717, 1.165) is 11.1 Å². The Labute approximate surface area is 167 Å². The van der Waals surface area contributed by atoms with Crippen molar-refractivity contribution in [1.29, 1.82) is 0 Å². The first-order chi connectivity index (χ1) is 13.3. The standard InChI is InChI=1S/C22H28N2O3S/c1-22(19-11-5-3-6-12-19,20-13-7-4-8-14-20)17-23-21(25)18-10-9-15-24(16-18)28(2,26)27/h3-8,11-14,18H,9-10,15-17H2,1-2H3,(H,23,25)/t18-/m1/s1. The van der Waals surface area contributed by atoms with Gasteiger partial charge in [0.1, 0.15) is 0 Å². The van der Waals surface area contributed by atoms with E-state index in [1.54, 1.807) is 0 Å². The van der Waals surface area contributed by atoms with Crippen LogP contribution < -0.4 is 5.32 Å². The normalized spacial score (nSPS) is 18.6. The van der Waals surface area contributed by atoms with Gasteiger partial charge in [0, 0.05) is 25.0 Å². The minimum atomic E-state index is -3.27. The summed E-state index contributed by atoms with van der Waals surface area (Å²) < 4.78 is 25.1. The molecule has 1 amide bonds. The number of hydrogen-bond acceptors (Lipinski definition) is 3. The fourth-order valence-electron chi connectivity index (χ4n) is 3.85. The average molecular weight is 401 g/mol. The maximum Gasteiger partial charge on any atom is 0.224 e. The summed E-state index contributed by atoms with van der Waals surface area (Å²) in [5.41, 5.74) is 1.88. The number of hydrogen-bond donors (Lipinski definition) is 1. The van der Waals surface area contributed by atoms with Gasteiger partial charge < -0.3 is 5.32 Å². The Hall–Kier alpha value is -2.18. The summed E-state index contributed by atoms with van der Waals surface area (Å²) in [6.07, 6.45) is 2.63. The van der Waals surface area contributed by atoms with Crippen molar-refractivity contribution in [3.8, 4) is 0 Å². The molecule has 1 heterocycles. The van der Waals surface area contributed by atoms with Gasteiger partial charge in [-0.1, -0.05) is 60.7 Å². The molecule has 0 aromatic heterocycles. The van der Waals surface area contributed by atoms with Crippen LogP contribution in [0.4, 0.5) is 0 Å². The molecule has 0 bridgehead atoms. The smallest absolute Gasteiger partial charge is 0.224 e. The van der Waals surface area contributed by atoms with Crippen molar-refractivity contribution >= 4 is 15.9 Å². The predicted molar refractivity (Wildman–Crippen MR) is 111 cm³/mol. The molecular formula is C22H28N2O3S. The molecule has 1 N–H and O–H groups in total. The molecule has 28 heavy (non-hydrogen) atoms. The topological polar surface area (TPSA) is 66.5 Å². The number of piperidine rings is 1. The third-order valence-corrected chi connectivity index (χ3v) is 6.93. The van der Waals surface area contributed by atoms with E-state index < -0.39 is 10.0 Å². The quantitative estimate of drug-likeness (QED) is 0.811. The van der Waals surface area contributed by atoms with Crippen LogP contribution in [-0.4, -0.2) is 44.5 Å². The number of nitrogens with zero attached hydrogens (tertiary/aromatic N) is 1. The third-order valence-electron chi connectivity index (χ3n) is 5.66. The van der Waals surface area contributed by atoms with E-state index in [4.69, 9.17) is 0 Å². The number of amides is 1. The fraction of sp³-hybridized carbons (Fsp3) is 0.409. The lowest BCUT2D eigenvalue weighted by Crippen LogP contribution is -2.47. The van der Waals surface area contributed by atoms with Gasteiger partial charge in [-0.2, -0.15) is 0 Å². The lowest BCUT2D eigenvalue weighted by molar-refractivity contribution is -0.126. The van der Waals surface area contributed by atoms with Crippen LogP contribution in [0.25, 0.3) is 0 Å². The minimum absolute atomic E-state index is 0.0774. The molecule has 5 nitrogen and oxygen atoms in total. The molecule has 1 aliphatic rings. The minimum Gasteiger partial charge on any atom is -0.355 e. The van der Waals surface area contributed by atoms with Crippen molar-refractivity contribution in [3.63, 3.8) is 0 Å². The second-order valence-electron chi connectivity index (χ2n) is 7.74. The average Bonchev–Trinajstić information content (AvgIpc) is 2.72. The van der Waals surface area contributed by atoms with Gasteiger partial charge in [-0.05, 0) is 30.9 Å². The number of rotatable bonds is 6. The molecule has 0 radical (unpaired) electrons. The van der Waals surface area contributed by atoms with Gasteiger partial charge in [0.15, 0.2) is 0 Å². The fourth-order valence-corrected chi connectivity index (χ4v) is 4.76. The van der Waals surface area contributed by atoms with Crippen molar-refractivity contribution in [1.82, 2.24) is 9.62 Å². The van der Waals surface area contributed by atoms with Crippen LogP contribution in [0.2, 0.25) is 0 Å². The van der Waals surface area contributed by atoms with Gasteiger partial charge >= 0.3 is 0 Å². The number of nitrogens with one attached hydrogen (secondary N) is 1. The number of benzene rings is 2. The van der Waals surface area contributed by atoms with Gasteiger partial charge in [-0.3, -0.25) is 4.79 Å². The van der Waals surface area contributed by atoms with Gasteiger partial charge in [0.25, 0.3) is 0 Å². The van der Waals surface area contributed by atoms with Gasteiger partial charge in [-0.15, -0.1) is 0 Å². The zero-order valence-corrected chi connectivity index (χ0v) is 17.3. The zero-order valence-electron chi connectivity index (χ0n) is 16.5. The molecule has 0 saturated carbocycles.